The van der Waals surface area contributed by atoms with E-state index in [0.717, 1.165) is 13.2 Å². The van der Waals surface area contributed by atoms with Crippen molar-refractivity contribution in [3.63, 3.8) is 0 Å². The van der Waals surface area contributed by atoms with E-state index in [-0.39, 0.29) is 47.7 Å². The number of rotatable bonds is 5. The summed E-state index contributed by atoms with van der Waals surface area (Å²) in [5, 5.41) is 14.8. The molecule has 1 aliphatic heterocycles. The second-order valence-electron chi connectivity index (χ2n) is 7.43. The molecule has 1 amide bonds. The quantitative estimate of drug-likeness (QED) is 0.387. The molecule has 0 aliphatic carbocycles. The zero-order chi connectivity index (χ0) is 25.7. The average Bonchev–Trinajstić information content (AvgIpc) is 2.78. The summed E-state index contributed by atoms with van der Waals surface area (Å²) >= 11 is 0. The summed E-state index contributed by atoms with van der Waals surface area (Å²) < 4.78 is 51.2. The van der Waals surface area contributed by atoms with Gasteiger partial charge in [0.2, 0.25) is 10.0 Å². The number of hydrogen-bond acceptors (Lipinski definition) is 7. The number of nitrogens with zero attached hydrogens (tertiary/aromatic N) is 2. The first-order chi connectivity index (χ1) is 15.7. The lowest BCUT2D eigenvalue weighted by molar-refractivity contribution is -0.134. The molecular formula is C21H26N4O7S2. The van der Waals surface area contributed by atoms with Gasteiger partial charge >= 0.3 is 0 Å². The number of amides is 1. The Balaban J connectivity index is 0.000000945. The lowest BCUT2D eigenvalue weighted by Crippen LogP contribution is -2.50. The van der Waals surface area contributed by atoms with E-state index in [2.05, 4.69) is 0 Å². The summed E-state index contributed by atoms with van der Waals surface area (Å²) in [5.41, 5.74) is 6.33. The molecule has 13 heteroatoms. The Kier molecular flexibility index (Phi) is 8.53. The van der Waals surface area contributed by atoms with Crippen LogP contribution in [-0.4, -0.2) is 81.3 Å². The number of aliphatic carboxylic acids is 1. The molecule has 2 aromatic carbocycles. The number of nitrogens with two attached hydrogens (primary N) is 1. The van der Waals surface area contributed by atoms with Gasteiger partial charge in [-0.3, -0.25) is 15.0 Å². The largest absolute Gasteiger partial charge is 0.481 e. The van der Waals surface area contributed by atoms with E-state index in [9.17, 15) is 21.6 Å². The second kappa shape index (κ2) is 10.8. The van der Waals surface area contributed by atoms with E-state index in [1.807, 2.05) is 0 Å². The predicted octanol–water partition coefficient (Wildman–Crippen LogP) is 0.612. The fourth-order valence-corrected chi connectivity index (χ4v) is 6.24. The third-order valence-electron chi connectivity index (χ3n) is 4.84. The molecule has 11 nitrogen and oxygen atoms in total. The summed E-state index contributed by atoms with van der Waals surface area (Å²) in [5.74, 6) is -1.18. The molecule has 3 rings (SSSR count). The summed E-state index contributed by atoms with van der Waals surface area (Å²) in [6.07, 6.45) is 0.968. The van der Waals surface area contributed by atoms with Crippen molar-refractivity contribution in [2.45, 2.75) is 16.7 Å². The fourth-order valence-electron chi connectivity index (χ4n) is 3.22. The van der Waals surface area contributed by atoms with E-state index in [1.54, 1.807) is 24.3 Å². The summed E-state index contributed by atoms with van der Waals surface area (Å²) in [6.45, 7) is 1.54. The topological polar surface area (TPSA) is 179 Å². The van der Waals surface area contributed by atoms with Crippen LogP contribution < -0.4 is 5.73 Å². The normalized spacial score (nSPS) is 14.6. The number of carboxylic acid groups (broad SMARTS) is 1. The molecule has 0 bridgehead atoms. The lowest BCUT2D eigenvalue weighted by atomic mass is 10.1. The Morgan fingerprint density at radius 3 is 1.76 bits per heavy atom. The van der Waals surface area contributed by atoms with Crippen LogP contribution >= 0.6 is 0 Å². The first-order valence-electron chi connectivity index (χ1n) is 9.97. The van der Waals surface area contributed by atoms with Gasteiger partial charge in [0.1, 0.15) is 10.7 Å². The molecule has 0 saturated carbocycles. The highest BCUT2D eigenvalue weighted by Crippen LogP contribution is 2.25. The number of carbonyl (C=O) groups is 2. The number of benzene rings is 2. The van der Waals surface area contributed by atoms with Crippen molar-refractivity contribution in [2.75, 3.05) is 32.4 Å². The van der Waals surface area contributed by atoms with Gasteiger partial charge in [-0.15, -0.1) is 0 Å². The molecule has 2 aromatic rings. The Morgan fingerprint density at radius 2 is 1.32 bits per heavy atom. The van der Waals surface area contributed by atoms with Gasteiger partial charge in [0, 0.05) is 50.5 Å². The van der Waals surface area contributed by atoms with Crippen molar-refractivity contribution in [3.8, 4) is 0 Å². The molecule has 0 aromatic heterocycles. The highest BCUT2D eigenvalue weighted by atomic mass is 32.2. The van der Waals surface area contributed by atoms with Gasteiger partial charge in [-0.25, -0.2) is 16.8 Å². The third kappa shape index (κ3) is 6.62. The van der Waals surface area contributed by atoms with Crippen LogP contribution in [0.2, 0.25) is 0 Å². The molecule has 34 heavy (non-hydrogen) atoms. The maximum atomic E-state index is 13.0. The minimum absolute atomic E-state index is 0.0533. The molecule has 4 N–H and O–H groups in total. The molecular weight excluding hydrogens is 484 g/mol. The number of nitrogens with one attached hydrogen (secondary N) is 1. The smallest absolute Gasteiger partial charge is 0.300 e. The Bertz CT molecular complexity index is 1280. The zero-order valence-corrected chi connectivity index (χ0v) is 20.3. The van der Waals surface area contributed by atoms with E-state index >= 15 is 0 Å². The summed E-state index contributed by atoms with van der Waals surface area (Å²) in [6, 6.07) is 11.8. The number of hydrogen-bond donors (Lipinski definition) is 3. The highest BCUT2D eigenvalue weighted by molar-refractivity contribution is 7.93. The van der Waals surface area contributed by atoms with Crippen LogP contribution in [-0.2, 0) is 24.7 Å². The van der Waals surface area contributed by atoms with Crippen LogP contribution in [0.5, 0.6) is 0 Å². The van der Waals surface area contributed by atoms with E-state index in [1.165, 1.54) is 33.5 Å². The lowest BCUT2D eigenvalue weighted by Gasteiger charge is -2.34. The van der Waals surface area contributed by atoms with Crippen molar-refractivity contribution in [1.29, 1.82) is 5.41 Å². The molecule has 0 radical (unpaired) electrons. The van der Waals surface area contributed by atoms with Crippen LogP contribution in [0.25, 0.3) is 0 Å². The van der Waals surface area contributed by atoms with E-state index < -0.39 is 25.8 Å². The van der Waals surface area contributed by atoms with Gasteiger partial charge in [-0.2, -0.15) is 4.31 Å². The maximum absolute atomic E-state index is 13.0. The number of piperazine rings is 1. The van der Waals surface area contributed by atoms with Gasteiger partial charge < -0.3 is 15.7 Å². The van der Waals surface area contributed by atoms with Gasteiger partial charge in [0.05, 0.1) is 4.90 Å². The van der Waals surface area contributed by atoms with Crippen molar-refractivity contribution in [3.05, 3.63) is 59.7 Å². The average molecular weight is 511 g/mol. The van der Waals surface area contributed by atoms with Crippen LogP contribution in [0, 0.1) is 5.41 Å². The minimum atomic E-state index is -4.03. The van der Waals surface area contributed by atoms with Crippen LogP contribution in [0.4, 0.5) is 0 Å². The number of carboxylic acids is 1. The van der Waals surface area contributed by atoms with Gasteiger partial charge in [-0.1, -0.05) is 24.3 Å². The first-order valence-corrected chi connectivity index (χ1v) is 13.3. The van der Waals surface area contributed by atoms with E-state index in [4.69, 9.17) is 21.0 Å². The second-order valence-corrected chi connectivity index (χ2v) is 11.3. The molecule has 0 spiro atoms. The molecule has 1 fully saturated rings. The number of nitrogen functional groups attached to an aromatic ring is 1. The van der Waals surface area contributed by atoms with Crippen molar-refractivity contribution in [2.24, 2.45) is 5.73 Å². The molecule has 1 aliphatic rings. The molecule has 1 heterocycles. The monoisotopic (exact) mass is 510 g/mol. The SMILES string of the molecule is CC(=O)O.CS(=O)(=O)c1ccccc1S(=O)(=O)N1CCN(C(=O)c2ccc(C(=N)N)cc2)CC1. The van der Waals surface area contributed by atoms with Gasteiger partial charge in [-0.05, 0) is 24.3 Å². The number of sulfonamides is 1. The minimum Gasteiger partial charge on any atom is -0.481 e. The predicted molar refractivity (Wildman–Crippen MR) is 125 cm³/mol. The summed E-state index contributed by atoms with van der Waals surface area (Å²) in [4.78, 5) is 22.7. The number of carbonyl (C=O) groups excluding carboxylic acids is 1. The third-order valence-corrected chi connectivity index (χ3v) is 8.08. The van der Waals surface area contributed by atoms with Crippen molar-refractivity contribution in [1.82, 2.24) is 9.21 Å². The Labute approximate surface area is 198 Å². The molecule has 0 atom stereocenters. The van der Waals surface area contributed by atoms with Gasteiger partial charge in [0.15, 0.2) is 9.84 Å². The standard InChI is InChI=1S/C19H22N4O5S2.C2H4O2/c1-29(25,26)16-4-2-3-5-17(16)30(27,28)23-12-10-22(11-13-23)19(24)15-8-6-14(7-9-15)18(20)21;1-2(3)4/h2-9H,10-13H2,1H3,(H3,20,21);1H3,(H,3,4). The Morgan fingerprint density at radius 1 is 0.882 bits per heavy atom. The van der Waals surface area contributed by atoms with E-state index in [0.29, 0.717) is 11.1 Å². The van der Waals surface area contributed by atoms with Crippen LogP contribution in [0.1, 0.15) is 22.8 Å². The molecule has 184 valence electrons. The molecule has 1 saturated heterocycles. The van der Waals surface area contributed by atoms with Crippen LogP contribution in [0.3, 0.4) is 0 Å². The van der Waals surface area contributed by atoms with Crippen molar-refractivity contribution >= 4 is 37.6 Å². The Hall–Kier alpha value is -3.29. The van der Waals surface area contributed by atoms with Crippen LogP contribution in [0.15, 0.2) is 58.3 Å². The molecule has 0 unspecified atom stereocenters. The number of amidine groups is 1. The zero-order valence-electron chi connectivity index (χ0n) is 18.6. The first kappa shape index (κ1) is 27.0. The van der Waals surface area contributed by atoms with Gasteiger partial charge in [0.25, 0.3) is 11.9 Å². The highest BCUT2D eigenvalue weighted by Gasteiger charge is 2.33. The fraction of sp³-hybridized carbons (Fsp3) is 0.286. The maximum Gasteiger partial charge on any atom is 0.300 e. The number of sulfone groups is 1. The summed E-state index contributed by atoms with van der Waals surface area (Å²) in [7, 11) is -7.75. The van der Waals surface area contributed by atoms with Crippen molar-refractivity contribution < 1.29 is 31.5 Å².